The van der Waals surface area contributed by atoms with E-state index in [1.807, 2.05) is 0 Å². The van der Waals surface area contributed by atoms with Gasteiger partial charge in [0.25, 0.3) is 0 Å². The average molecular weight is 251 g/mol. The molecule has 1 nitrogen and oxygen atoms in total. The predicted molar refractivity (Wildman–Crippen MR) is 83.1 cm³/mol. The Labute approximate surface area is 115 Å². The van der Waals surface area contributed by atoms with E-state index in [-0.39, 0.29) is 7.43 Å². The Hall–Kier alpha value is -1.60. The normalized spacial score (nSPS) is 24.9. The van der Waals surface area contributed by atoms with E-state index >= 15 is 0 Å². The van der Waals surface area contributed by atoms with Crippen LogP contribution in [-0.4, -0.2) is 13.1 Å². The van der Waals surface area contributed by atoms with E-state index in [1.54, 1.807) is 5.57 Å². The Balaban J connectivity index is 0.00000110. The highest BCUT2D eigenvalue weighted by molar-refractivity contribution is 5.94. The van der Waals surface area contributed by atoms with Crippen molar-refractivity contribution >= 4 is 16.3 Å². The highest BCUT2D eigenvalue weighted by Gasteiger charge is 2.32. The first-order chi connectivity index (χ1) is 8.92. The van der Waals surface area contributed by atoms with Crippen LogP contribution in [0.4, 0.5) is 0 Å². The molecule has 1 aliphatic carbocycles. The number of hydrogen-bond donors (Lipinski definition) is 1. The van der Waals surface area contributed by atoms with Gasteiger partial charge in [-0.25, -0.2) is 0 Å². The largest absolute Gasteiger partial charge is 0.316 e. The molecular weight excluding hydrogens is 230 g/mol. The van der Waals surface area contributed by atoms with Crippen LogP contribution in [0.3, 0.4) is 0 Å². The highest BCUT2D eigenvalue weighted by atomic mass is 14.9. The molecule has 1 heterocycles. The molecule has 1 aliphatic heterocycles. The maximum absolute atomic E-state index is 3.49. The Kier molecular flexibility index (Phi) is 3.16. The monoisotopic (exact) mass is 251 g/mol. The third-order valence-corrected chi connectivity index (χ3v) is 4.43. The number of nitrogens with one attached hydrogen (secondary N) is 1. The molecule has 0 saturated carbocycles. The summed E-state index contributed by atoms with van der Waals surface area (Å²) in [5.74, 6) is 1.60. The molecule has 0 amide bonds. The van der Waals surface area contributed by atoms with Crippen molar-refractivity contribution in [2.24, 2.45) is 11.8 Å². The summed E-state index contributed by atoms with van der Waals surface area (Å²) >= 11 is 0. The molecule has 2 unspecified atom stereocenters. The van der Waals surface area contributed by atoms with Gasteiger partial charge < -0.3 is 5.32 Å². The Morgan fingerprint density at radius 1 is 0.947 bits per heavy atom. The van der Waals surface area contributed by atoms with Gasteiger partial charge in [0.15, 0.2) is 0 Å². The van der Waals surface area contributed by atoms with Gasteiger partial charge in [-0.1, -0.05) is 56.0 Å². The molecule has 1 N–H and O–H groups in total. The van der Waals surface area contributed by atoms with Crippen LogP contribution in [-0.2, 0) is 0 Å². The van der Waals surface area contributed by atoms with Gasteiger partial charge in [0, 0.05) is 6.54 Å². The summed E-state index contributed by atoms with van der Waals surface area (Å²) in [5.41, 5.74) is 3.01. The van der Waals surface area contributed by atoms with Gasteiger partial charge in [-0.2, -0.15) is 0 Å². The highest BCUT2D eigenvalue weighted by Crippen LogP contribution is 2.40. The van der Waals surface area contributed by atoms with Gasteiger partial charge in [0.05, 0.1) is 0 Å². The van der Waals surface area contributed by atoms with Crippen LogP contribution in [0, 0.1) is 11.8 Å². The molecule has 98 valence electrons. The lowest BCUT2D eigenvalue weighted by Gasteiger charge is -2.09. The minimum Gasteiger partial charge on any atom is -0.316 e. The lowest BCUT2D eigenvalue weighted by Crippen LogP contribution is -2.09. The van der Waals surface area contributed by atoms with E-state index in [4.69, 9.17) is 0 Å². The third-order valence-electron chi connectivity index (χ3n) is 4.43. The molecule has 0 aromatic heterocycles. The summed E-state index contributed by atoms with van der Waals surface area (Å²) < 4.78 is 0. The summed E-state index contributed by atoms with van der Waals surface area (Å²) in [6, 6.07) is 15.4. The average Bonchev–Trinajstić information content (AvgIpc) is 2.99. The molecule has 0 bridgehead atoms. The topological polar surface area (TPSA) is 12.0 Å². The van der Waals surface area contributed by atoms with E-state index in [0.717, 1.165) is 11.8 Å². The van der Waals surface area contributed by atoms with Crippen LogP contribution in [0.25, 0.3) is 16.3 Å². The zero-order valence-electron chi connectivity index (χ0n) is 10.4. The van der Waals surface area contributed by atoms with Gasteiger partial charge in [0.2, 0.25) is 0 Å². The van der Waals surface area contributed by atoms with Crippen molar-refractivity contribution in [2.75, 3.05) is 13.1 Å². The van der Waals surface area contributed by atoms with Crippen LogP contribution in [0.5, 0.6) is 0 Å². The molecule has 2 aliphatic rings. The maximum atomic E-state index is 3.49. The zero-order chi connectivity index (χ0) is 11.9. The smallest absolute Gasteiger partial charge is 0.00178 e. The van der Waals surface area contributed by atoms with Gasteiger partial charge in [-0.15, -0.1) is 0 Å². The summed E-state index contributed by atoms with van der Waals surface area (Å²) in [6.07, 6.45) is 3.75. The summed E-state index contributed by atoms with van der Waals surface area (Å²) in [5, 5.41) is 6.24. The predicted octanol–water partition coefficient (Wildman–Crippen LogP) is 4.10. The molecule has 0 radical (unpaired) electrons. The number of fused-ring (bicyclic) bond motifs is 2. The molecular formula is C18H21N. The second-order valence-corrected chi connectivity index (χ2v) is 5.50. The van der Waals surface area contributed by atoms with Crippen molar-refractivity contribution in [3.05, 3.63) is 54.1 Å². The third kappa shape index (κ3) is 1.98. The quantitative estimate of drug-likeness (QED) is 0.804. The molecule has 1 heteroatoms. The lowest BCUT2D eigenvalue weighted by molar-refractivity contribution is 0.536. The first-order valence-electron chi connectivity index (χ1n) is 6.81. The number of hydrogen-bond acceptors (Lipinski definition) is 1. The molecule has 1 saturated heterocycles. The van der Waals surface area contributed by atoms with Gasteiger partial charge >= 0.3 is 0 Å². The molecule has 0 spiro atoms. The Bertz CT molecular complexity index is 621. The fourth-order valence-corrected chi connectivity index (χ4v) is 3.49. The number of allylic oxidation sites excluding steroid dienone is 1. The van der Waals surface area contributed by atoms with Crippen molar-refractivity contribution in [2.45, 2.75) is 13.8 Å². The van der Waals surface area contributed by atoms with Crippen molar-refractivity contribution in [3.8, 4) is 0 Å². The summed E-state index contributed by atoms with van der Waals surface area (Å²) in [6.45, 7) is 2.36. The van der Waals surface area contributed by atoms with Gasteiger partial charge in [-0.3, -0.25) is 0 Å². The molecule has 2 atom stereocenters. The summed E-state index contributed by atoms with van der Waals surface area (Å²) in [4.78, 5) is 0. The number of rotatable bonds is 1. The van der Waals surface area contributed by atoms with Crippen molar-refractivity contribution in [1.29, 1.82) is 0 Å². The summed E-state index contributed by atoms with van der Waals surface area (Å²) in [7, 11) is 0. The SMILES string of the molecule is C.C1=C(c2cccc3ccccc23)CC2CNCC12. The molecule has 2 aromatic rings. The van der Waals surface area contributed by atoms with Crippen LogP contribution in [0.15, 0.2) is 48.5 Å². The molecule has 4 rings (SSSR count). The molecule has 1 fully saturated rings. The van der Waals surface area contributed by atoms with Crippen LogP contribution >= 0.6 is 0 Å². The van der Waals surface area contributed by atoms with Crippen LogP contribution in [0.1, 0.15) is 19.4 Å². The standard InChI is InChI=1S/C17H17N.CH4/c1-2-6-16-12(4-1)5-3-7-17(16)13-8-14-10-18-11-15(14)9-13;/h1-8,14-15,18H,9-11H2;1H4. The minimum atomic E-state index is 0. The Morgan fingerprint density at radius 3 is 2.68 bits per heavy atom. The van der Waals surface area contributed by atoms with Crippen molar-refractivity contribution in [3.63, 3.8) is 0 Å². The van der Waals surface area contributed by atoms with Gasteiger partial charge in [-0.05, 0) is 46.7 Å². The second kappa shape index (κ2) is 4.82. The van der Waals surface area contributed by atoms with Crippen molar-refractivity contribution in [1.82, 2.24) is 5.32 Å². The Morgan fingerprint density at radius 2 is 1.79 bits per heavy atom. The van der Waals surface area contributed by atoms with Gasteiger partial charge in [0.1, 0.15) is 0 Å². The lowest BCUT2D eigenvalue weighted by atomic mass is 9.95. The second-order valence-electron chi connectivity index (χ2n) is 5.50. The van der Waals surface area contributed by atoms with Crippen LogP contribution < -0.4 is 5.32 Å². The number of benzene rings is 2. The first-order valence-corrected chi connectivity index (χ1v) is 6.81. The fraction of sp³-hybridized carbons (Fsp3) is 0.333. The first kappa shape index (κ1) is 12.4. The van der Waals surface area contributed by atoms with Crippen molar-refractivity contribution < 1.29 is 0 Å². The maximum Gasteiger partial charge on any atom is 0.00178 e. The van der Waals surface area contributed by atoms with E-state index in [2.05, 4.69) is 53.9 Å². The van der Waals surface area contributed by atoms with E-state index < -0.39 is 0 Å². The van der Waals surface area contributed by atoms with E-state index in [0.29, 0.717) is 0 Å². The molecule has 2 aromatic carbocycles. The van der Waals surface area contributed by atoms with E-state index in [9.17, 15) is 0 Å². The minimum absolute atomic E-state index is 0. The molecule has 19 heavy (non-hydrogen) atoms. The van der Waals surface area contributed by atoms with Crippen LogP contribution in [0.2, 0.25) is 0 Å². The fourth-order valence-electron chi connectivity index (χ4n) is 3.49. The zero-order valence-corrected chi connectivity index (χ0v) is 10.4. The van der Waals surface area contributed by atoms with E-state index in [1.165, 1.54) is 35.8 Å².